The molecule has 104 valence electrons. The molecule has 0 aromatic heterocycles. The monoisotopic (exact) mass is 285 g/mol. The molecule has 0 aliphatic heterocycles. The topological polar surface area (TPSA) is 91.8 Å². The number of hydrogen-bond donors (Lipinski definition) is 1. The molecule has 1 N–H and O–H groups in total. The molecule has 6 nitrogen and oxygen atoms in total. The third-order valence-corrected chi connectivity index (χ3v) is 4.41. The maximum atomic E-state index is 12.2. The number of benzene rings is 1. The van der Waals surface area contributed by atoms with Gasteiger partial charge in [-0.15, -0.1) is 0 Å². The molecule has 0 saturated heterocycles. The first kappa shape index (κ1) is 15.2. The Labute approximate surface area is 111 Å². The Morgan fingerprint density at radius 3 is 2.21 bits per heavy atom. The minimum Gasteiger partial charge on any atom is -0.480 e. The lowest BCUT2D eigenvalue weighted by molar-refractivity contribution is -0.140. The first-order valence-electron chi connectivity index (χ1n) is 5.65. The van der Waals surface area contributed by atoms with Crippen LogP contribution < -0.4 is 0 Å². The van der Waals surface area contributed by atoms with Crippen molar-refractivity contribution in [2.75, 3.05) is 5.75 Å². The van der Waals surface area contributed by atoms with Crippen molar-refractivity contribution in [2.45, 2.75) is 19.9 Å². The quantitative estimate of drug-likeness (QED) is 0.869. The van der Waals surface area contributed by atoms with Crippen LogP contribution in [0.5, 0.6) is 0 Å². The molecule has 0 spiro atoms. The number of carbonyl (C=O) groups excluding carboxylic acids is 1. The molecule has 1 amide bonds. The number of nitrogens with zero attached hydrogens (tertiary/aromatic N) is 1. The van der Waals surface area contributed by atoms with Gasteiger partial charge in [-0.25, -0.2) is 17.5 Å². The fourth-order valence-corrected chi connectivity index (χ4v) is 2.70. The van der Waals surface area contributed by atoms with Gasteiger partial charge in [0.2, 0.25) is 10.0 Å². The van der Waals surface area contributed by atoms with E-state index in [1.54, 1.807) is 18.2 Å². The number of hydrogen-bond acceptors (Lipinski definition) is 4. The van der Waals surface area contributed by atoms with Crippen LogP contribution in [0.4, 0.5) is 0 Å². The fraction of sp³-hybridized carbons (Fsp3) is 0.333. The molecule has 0 bridgehead atoms. The molecule has 0 fully saturated rings. The summed E-state index contributed by atoms with van der Waals surface area (Å²) in [6, 6.07) is 6.27. The number of carbonyl (C=O) groups is 2. The summed E-state index contributed by atoms with van der Waals surface area (Å²) >= 11 is 0. The van der Waals surface area contributed by atoms with E-state index in [0.717, 1.165) is 6.92 Å². The Morgan fingerprint density at radius 2 is 1.79 bits per heavy atom. The smallest absolute Gasteiger partial charge is 0.327 e. The second kappa shape index (κ2) is 5.83. The Kier molecular flexibility index (Phi) is 4.66. The summed E-state index contributed by atoms with van der Waals surface area (Å²) in [4.78, 5) is 23.2. The van der Waals surface area contributed by atoms with Crippen molar-refractivity contribution in [3.8, 4) is 0 Å². The highest BCUT2D eigenvalue weighted by Crippen LogP contribution is 2.14. The molecule has 1 aromatic rings. The number of aliphatic carboxylic acids is 1. The molecule has 0 aliphatic carbocycles. The molecule has 19 heavy (non-hydrogen) atoms. The van der Waals surface area contributed by atoms with Crippen molar-refractivity contribution in [2.24, 2.45) is 0 Å². The van der Waals surface area contributed by atoms with E-state index in [1.807, 2.05) is 0 Å². The van der Waals surface area contributed by atoms with E-state index in [4.69, 9.17) is 5.11 Å². The van der Waals surface area contributed by atoms with Gasteiger partial charge in [0, 0.05) is 5.56 Å². The zero-order valence-electron chi connectivity index (χ0n) is 10.6. The molecular formula is C12H15NO5S. The molecule has 1 atom stereocenters. The van der Waals surface area contributed by atoms with Crippen LogP contribution in [0.1, 0.15) is 24.2 Å². The van der Waals surface area contributed by atoms with Gasteiger partial charge in [0.05, 0.1) is 5.75 Å². The zero-order valence-corrected chi connectivity index (χ0v) is 11.4. The van der Waals surface area contributed by atoms with Crippen molar-refractivity contribution in [3.05, 3.63) is 35.9 Å². The Hall–Kier alpha value is -1.89. The lowest BCUT2D eigenvalue weighted by Crippen LogP contribution is -2.47. The Morgan fingerprint density at radius 1 is 1.26 bits per heavy atom. The molecule has 0 radical (unpaired) electrons. The maximum Gasteiger partial charge on any atom is 0.327 e. The van der Waals surface area contributed by atoms with Gasteiger partial charge in [0.25, 0.3) is 5.91 Å². The molecule has 0 heterocycles. The molecule has 7 heteroatoms. The van der Waals surface area contributed by atoms with E-state index in [0.29, 0.717) is 4.31 Å². The van der Waals surface area contributed by atoms with Crippen molar-refractivity contribution >= 4 is 21.9 Å². The van der Waals surface area contributed by atoms with Crippen molar-refractivity contribution in [1.82, 2.24) is 4.31 Å². The predicted molar refractivity (Wildman–Crippen MR) is 69.2 cm³/mol. The van der Waals surface area contributed by atoms with E-state index in [9.17, 15) is 18.0 Å². The number of amides is 1. The predicted octanol–water partition coefficient (Wildman–Crippen LogP) is 0.952. The molecule has 0 saturated carbocycles. The fourth-order valence-electron chi connectivity index (χ4n) is 1.49. The second-order valence-electron chi connectivity index (χ2n) is 3.88. The lowest BCUT2D eigenvalue weighted by atomic mass is 10.2. The molecule has 0 unspecified atom stereocenters. The molecule has 1 rings (SSSR count). The van der Waals surface area contributed by atoms with E-state index < -0.39 is 27.9 Å². The van der Waals surface area contributed by atoms with Crippen LogP contribution in [0.2, 0.25) is 0 Å². The average Bonchev–Trinajstić information content (AvgIpc) is 2.39. The SMILES string of the molecule is CCS(=O)(=O)N(C(=O)c1ccccc1)[C@@H](C)C(=O)O. The Balaban J connectivity index is 3.26. The van der Waals surface area contributed by atoms with Gasteiger partial charge in [0.1, 0.15) is 6.04 Å². The van der Waals surface area contributed by atoms with Crippen LogP contribution >= 0.6 is 0 Å². The van der Waals surface area contributed by atoms with E-state index in [2.05, 4.69) is 0 Å². The van der Waals surface area contributed by atoms with E-state index in [-0.39, 0.29) is 11.3 Å². The van der Waals surface area contributed by atoms with Gasteiger partial charge in [-0.2, -0.15) is 0 Å². The van der Waals surface area contributed by atoms with Crippen molar-refractivity contribution in [1.29, 1.82) is 0 Å². The third kappa shape index (κ3) is 3.31. The van der Waals surface area contributed by atoms with Gasteiger partial charge in [-0.1, -0.05) is 18.2 Å². The van der Waals surface area contributed by atoms with E-state index in [1.165, 1.54) is 19.1 Å². The number of rotatable bonds is 5. The molecule has 1 aromatic carbocycles. The summed E-state index contributed by atoms with van der Waals surface area (Å²) in [5, 5.41) is 8.95. The molecular weight excluding hydrogens is 270 g/mol. The van der Waals surface area contributed by atoms with Crippen LogP contribution in [0.25, 0.3) is 0 Å². The highest BCUT2D eigenvalue weighted by atomic mass is 32.2. The van der Waals surface area contributed by atoms with E-state index >= 15 is 0 Å². The normalized spacial score (nSPS) is 12.7. The third-order valence-electron chi connectivity index (χ3n) is 2.59. The first-order valence-corrected chi connectivity index (χ1v) is 7.26. The van der Waals surface area contributed by atoms with Crippen LogP contribution in [0.3, 0.4) is 0 Å². The van der Waals surface area contributed by atoms with Crippen LogP contribution in [0, 0.1) is 0 Å². The molecule has 0 aliphatic rings. The van der Waals surface area contributed by atoms with Gasteiger partial charge in [-0.05, 0) is 26.0 Å². The first-order chi connectivity index (χ1) is 8.81. The summed E-state index contributed by atoms with van der Waals surface area (Å²) in [7, 11) is -3.95. The minimum atomic E-state index is -3.95. The highest BCUT2D eigenvalue weighted by Gasteiger charge is 2.35. The zero-order chi connectivity index (χ0) is 14.6. The standard InChI is InChI=1S/C12H15NO5S/c1-3-19(17,18)13(9(2)12(15)16)11(14)10-7-5-4-6-8-10/h4-9H,3H2,1-2H3,(H,15,16)/t9-/m0/s1. The maximum absolute atomic E-state index is 12.2. The minimum absolute atomic E-state index is 0.132. The summed E-state index contributed by atoms with van der Waals surface area (Å²) in [6.07, 6.45) is 0. The average molecular weight is 285 g/mol. The highest BCUT2D eigenvalue weighted by molar-refractivity contribution is 7.89. The van der Waals surface area contributed by atoms with Gasteiger partial charge < -0.3 is 5.11 Å². The number of sulfonamides is 1. The summed E-state index contributed by atoms with van der Waals surface area (Å²) in [5.41, 5.74) is 0.132. The largest absolute Gasteiger partial charge is 0.480 e. The van der Waals surface area contributed by atoms with Gasteiger partial charge in [-0.3, -0.25) is 4.79 Å². The van der Waals surface area contributed by atoms with Gasteiger partial charge >= 0.3 is 5.97 Å². The van der Waals surface area contributed by atoms with Crippen molar-refractivity contribution < 1.29 is 23.1 Å². The second-order valence-corrected chi connectivity index (χ2v) is 6.02. The van der Waals surface area contributed by atoms with Crippen LogP contribution in [-0.2, 0) is 14.8 Å². The van der Waals surface area contributed by atoms with Gasteiger partial charge in [0.15, 0.2) is 0 Å². The summed E-state index contributed by atoms with van der Waals surface area (Å²) < 4.78 is 24.2. The number of carboxylic acids is 1. The van der Waals surface area contributed by atoms with Crippen LogP contribution in [-0.4, -0.2) is 41.5 Å². The number of carboxylic acid groups (broad SMARTS) is 1. The van der Waals surface area contributed by atoms with Crippen LogP contribution in [0.15, 0.2) is 30.3 Å². The summed E-state index contributed by atoms with van der Waals surface area (Å²) in [6.45, 7) is 2.52. The van der Waals surface area contributed by atoms with Crippen molar-refractivity contribution in [3.63, 3.8) is 0 Å². The Bertz CT molecular complexity index is 567. The summed E-state index contributed by atoms with van der Waals surface area (Å²) in [5.74, 6) is -2.55. The lowest BCUT2D eigenvalue weighted by Gasteiger charge is -2.25.